The molecule has 0 atom stereocenters. The quantitative estimate of drug-likeness (QED) is 0.827. The number of rotatable bonds is 5. The number of sulfone groups is 1. The first-order valence-electron chi connectivity index (χ1n) is 9.02. The summed E-state index contributed by atoms with van der Waals surface area (Å²) >= 11 is 0. The van der Waals surface area contributed by atoms with Crippen LogP contribution in [0, 0.1) is 0 Å². The highest BCUT2D eigenvalue weighted by Gasteiger charge is 2.32. The predicted molar refractivity (Wildman–Crippen MR) is 107 cm³/mol. The van der Waals surface area contributed by atoms with Gasteiger partial charge in [-0.25, -0.2) is 13.2 Å². The minimum absolute atomic E-state index is 0.272. The number of methoxy groups -OCH3 is 2. The molecule has 8 heteroatoms. The fraction of sp³-hybridized carbons (Fsp3) is 0.350. The number of carbonyl (C=O) groups is 1. The molecule has 1 saturated heterocycles. The molecule has 7 nitrogen and oxygen atoms in total. The van der Waals surface area contributed by atoms with Crippen molar-refractivity contribution in [2.45, 2.75) is 23.0 Å². The second kappa shape index (κ2) is 8.52. The lowest BCUT2D eigenvalue weighted by atomic mass is 10.1. The molecular weight excluding hydrogens is 380 g/mol. The standard InChI is InChI=1S/C20H24N2O5S/c1-26-16-12-15(13-17(14-16)27-2)21-20(23)22-10-8-19(9-11-22)28(24,25)18-6-4-3-5-7-18/h3-7,12-14,19H,8-11H2,1-2H3,(H,21,23). The Morgan fingerprint density at radius 3 is 2.11 bits per heavy atom. The first-order valence-corrected chi connectivity index (χ1v) is 10.6. The van der Waals surface area contributed by atoms with E-state index in [4.69, 9.17) is 9.47 Å². The van der Waals surface area contributed by atoms with E-state index in [2.05, 4.69) is 5.32 Å². The molecule has 1 N–H and O–H groups in total. The Hall–Kier alpha value is -2.74. The summed E-state index contributed by atoms with van der Waals surface area (Å²) in [5.41, 5.74) is 0.556. The monoisotopic (exact) mass is 404 g/mol. The molecule has 0 saturated carbocycles. The fourth-order valence-corrected chi connectivity index (χ4v) is 5.01. The van der Waals surface area contributed by atoms with E-state index in [-0.39, 0.29) is 6.03 Å². The molecule has 28 heavy (non-hydrogen) atoms. The van der Waals surface area contributed by atoms with Gasteiger partial charge in [0.2, 0.25) is 0 Å². The van der Waals surface area contributed by atoms with Gasteiger partial charge < -0.3 is 19.7 Å². The fourth-order valence-electron chi connectivity index (χ4n) is 3.25. The average molecular weight is 404 g/mol. The van der Waals surface area contributed by atoms with Crippen molar-refractivity contribution in [2.24, 2.45) is 0 Å². The second-order valence-electron chi connectivity index (χ2n) is 6.58. The Balaban J connectivity index is 1.63. The van der Waals surface area contributed by atoms with Crippen molar-refractivity contribution in [3.05, 3.63) is 48.5 Å². The summed E-state index contributed by atoms with van der Waals surface area (Å²) < 4.78 is 35.9. The summed E-state index contributed by atoms with van der Waals surface area (Å²) in [6.45, 7) is 0.757. The number of hydrogen-bond acceptors (Lipinski definition) is 5. The van der Waals surface area contributed by atoms with Crippen LogP contribution in [0.3, 0.4) is 0 Å². The predicted octanol–water partition coefficient (Wildman–Crippen LogP) is 3.17. The number of likely N-dealkylation sites (tertiary alicyclic amines) is 1. The van der Waals surface area contributed by atoms with Crippen LogP contribution < -0.4 is 14.8 Å². The van der Waals surface area contributed by atoms with Gasteiger partial charge in [0.25, 0.3) is 0 Å². The molecule has 2 amide bonds. The Kier molecular flexibility index (Phi) is 6.08. The number of hydrogen-bond donors (Lipinski definition) is 1. The second-order valence-corrected chi connectivity index (χ2v) is 8.80. The first kappa shape index (κ1) is 20.0. The third-order valence-corrected chi connectivity index (χ3v) is 7.12. The molecule has 0 radical (unpaired) electrons. The van der Waals surface area contributed by atoms with E-state index in [0.717, 1.165) is 0 Å². The molecule has 1 heterocycles. The largest absolute Gasteiger partial charge is 0.497 e. The number of carbonyl (C=O) groups excluding carboxylic acids is 1. The van der Waals surface area contributed by atoms with Crippen LogP contribution in [-0.2, 0) is 9.84 Å². The number of benzene rings is 2. The lowest BCUT2D eigenvalue weighted by molar-refractivity contribution is 0.200. The third-order valence-electron chi connectivity index (χ3n) is 4.84. The molecule has 0 aliphatic carbocycles. The SMILES string of the molecule is COc1cc(NC(=O)N2CCC(S(=O)(=O)c3ccccc3)CC2)cc(OC)c1. The maximum absolute atomic E-state index is 12.7. The summed E-state index contributed by atoms with van der Waals surface area (Å²) in [7, 11) is -0.299. The van der Waals surface area contributed by atoms with E-state index in [1.54, 1.807) is 67.7 Å². The van der Waals surface area contributed by atoms with E-state index in [1.807, 2.05) is 0 Å². The highest BCUT2D eigenvalue weighted by Crippen LogP contribution is 2.27. The number of anilines is 1. The minimum atomic E-state index is -3.38. The summed E-state index contributed by atoms with van der Waals surface area (Å²) in [5, 5.41) is 2.35. The third kappa shape index (κ3) is 4.39. The van der Waals surface area contributed by atoms with Crippen molar-refractivity contribution in [3.8, 4) is 11.5 Å². The lowest BCUT2D eigenvalue weighted by Crippen LogP contribution is -2.44. The Labute approximate surface area is 165 Å². The van der Waals surface area contributed by atoms with E-state index in [0.29, 0.717) is 48.0 Å². The van der Waals surface area contributed by atoms with Gasteiger partial charge in [0.15, 0.2) is 9.84 Å². The Bertz CT molecular complexity index is 901. The molecule has 3 rings (SSSR count). The number of ether oxygens (including phenoxy) is 2. The van der Waals surface area contributed by atoms with E-state index in [1.165, 1.54) is 0 Å². The van der Waals surface area contributed by atoms with Gasteiger partial charge in [-0.05, 0) is 25.0 Å². The summed E-state index contributed by atoms with van der Waals surface area (Å²) in [5.74, 6) is 1.14. The maximum atomic E-state index is 12.7. The van der Waals surface area contributed by atoms with Crippen LogP contribution in [0.2, 0.25) is 0 Å². The molecule has 0 aromatic heterocycles. The van der Waals surface area contributed by atoms with E-state index < -0.39 is 15.1 Å². The number of nitrogens with one attached hydrogen (secondary N) is 1. The van der Waals surface area contributed by atoms with Crippen molar-refractivity contribution in [1.82, 2.24) is 4.90 Å². The van der Waals surface area contributed by atoms with Crippen molar-refractivity contribution >= 4 is 21.6 Å². The number of amides is 2. The van der Waals surface area contributed by atoms with E-state index in [9.17, 15) is 13.2 Å². The highest BCUT2D eigenvalue weighted by molar-refractivity contribution is 7.92. The smallest absolute Gasteiger partial charge is 0.321 e. The van der Waals surface area contributed by atoms with Crippen LogP contribution in [0.15, 0.2) is 53.4 Å². The van der Waals surface area contributed by atoms with Gasteiger partial charge in [-0.2, -0.15) is 0 Å². The molecule has 1 fully saturated rings. The van der Waals surface area contributed by atoms with Crippen molar-refractivity contribution < 1.29 is 22.7 Å². The van der Waals surface area contributed by atoms with Gasteiger partial charge in [-0.1, -0.05) is 18.2 Å². The summed E-state index contributed by atoms with van der Waals surface area (Å²) in [6, 6.07) is 13.3. The van der Waals surface area contributed by atoms with Gasteiger partial charge in [0, 0.05) is 37.0 Å². The summed E-state index contributed by atoms with van der Waals surface area (Å²) in [6.07, 6.45) is 0.818. The van der Waals surface area contributed by atoms with Crippen molar-refractivity contribution in [1.29, 1.82) is 0 Å². The number of piperidine rings is 1. The molecule has 150 valence electrons. The number of urea groups is 1. The van der Waals surface area contributed by atoms with Gasteiger partial charge in [-0.3, -0.25) is 0 Å². The zero-order chi connectivity index (χ0) is 20.1. The molecular formula is C20H24N2O5S. The minimum Gasteiger partial charge on any atom is -0.497 e. The molecule has 1 aliphatic rings. The molecule has 2 aromatic carbocycles. The molecule has 0 unspecified atom stereocenters. The summed E-state index contributed by atoms with van der Waals surface area (Å²) in [4.78, 5) is 14.5. The maximum Gasteiger partial charge on any atom is 0.321 e. The van der Waals surface area contributed by atoms with Crippen LogP contribution in [0.4, 0.5) is 10.5 Å². The van der Waals surface area contributed by atoms with Crippen LogP contribution in [-0.4, -0.2) is 51.9 Å². The Morgan fingerprint density at radius 1 is 1.00 bits per heavy atom. The number of nitrogens with zero attached hydrogens (tertiary/aromatic N) is 1. The molecule has 2 aromatic rings. The zero-order valence-electron chi connectivity index (χ0n) is 15.9. The van der Waals surface area contributed by atoms with Crippen molar-refractivity contribution in [3.63, 3.8) is 0 Å². The van der Waals surface area contributed by atoms with Crippen LogP contribution >= 0.6 is 0 Å². The van der Waals surface area contributed by atoms with Gasteiger partial charge in [-0.15, -0.1) is 0 Å². The Morgan fingerprint density at radius 2 is 1.57 bits per heavy atom. The van der Waals surface area contributed by atoms with Gasteiger partial charge >= 0.3 is 6.03 Å². The molecule has 0 bridgehead atoms. The van der Waals surface area contributed by atoms with Crippen LogP contribution in [0.1, 0.15) is 12.8 Å². The normalized spacial score (nSPS) is 15.1. The molecule has 1 aliphatic heterocycles. The highest BCUT2D eigenvalue weighted by atomic mass is 32.2. The van der Waals surface area contributed by atoms with Gasteiger partial charge in [0.05, 0.1) is 24.4 Å². The average Bonchev–Trinajstić information content (AvgIpc) is 2.74. The van der Waals surface area contributed by atoms with Crippen LogP contribution in [0.25, 0.3) is 0 Å². The van der Waals surface area contributed by atoms with Crippen molar-refractivity contribution in [2.75, 3.05) is 32.6 Å². The first-order chi connectivity index (χ1) is 13.4. The van der Waals surface area contributed by atoms with Crippen LogP contribution in [0.5, 0.6) is 11.5 Å². The molecule has 0 spiro atoms. The van der Waals surface area contributed by atoms with E-state index >= 15 is 0 Å². The lowest BCUT2D eigenvalue weighted by Gasteiger charge is -2.31. The topological polar surface area (TPSA) is 84.9 Å². The zero-order valence-corrected chi connectivity index (χ0v) is 16.7. The van der Waals surface area contributed by atoms with Gasteiger partial charge in [0.1, 0.15) is 11.5 Å².